The molecule has 47 valence electrons. The van der Waals surface area contributed by atoms with Gasteiger partial charge in [0.2, 0.25) is 0 Å². The Hall–Kier alpha value is -0.520. The minimum atomic E-state index is 0.892. The fourth-order valence-electron chi connectivity index (χ4n) is 1.42. The van der Waals surface area contributed by atoms with Crippen molar-refractivity contribution in [2.75, 3.05) is 0 Å². The normalized spacial score (nSPS) is 26.0. The van der Waals surface area contributed by atoms with E-state index >= 15 is 0 Å². The van der Waals surface area contributed by atoms with Gasteiger partial charge in [0.25, 0.3) is 0 Å². The van der Waals surface area contributed by atoms with Crippen LogP contribution in [0.25, 0.3) is 0 Å². The lowest BCUT2D eigenvalue weighted by Gasteiger charge is -2.25. The Kier molecular flexibility index (Phi) is 1.18. The maximum Gasteiger partial charge on any atom is -0.00884 e. The molecule has 2 aliphatic carbocycles. The van der Waals surface area contributed by atoms with E-state index in [9.17, 15) is 0 Å². The molecule has 0 aromatic rings. The lowest BCUT2D eigenvalue weighted by atomic mass is 9.80. The molecule has 0 saturated heterocycles. The third-order valence-corrected chi connectivity index (χ3v) is 2.27. The van der Waals surface area contributed by atoms with Gasteiger partial charge in [0.05, 0.1) is 0 Å². The highest BCUT2D eigenvalue weighted by molar-refractivity contribution is 5.26. The van der Waals surface area contributed by atoms with Gasteiger partial charge in [-0.1, -0.05) is 18.6 Å². The first kappa shape index (κ1) is 5.28. The highest BCUT2D eigenvalue weighted by Crippen LogP contribution is 2.35. The summed E-state index contributed by atoms with van der Waals surface area (Å²) in [6.45, 7) is 0. The fraction of sp³-hybridized carbons (Fsp3) is 0.556. The van der Waals surface area contributed by atoms with Crippen LogP contribution in [0.1, 0.15) is 25.7 Å². The first-order valence-corrected chi connectivity index (χ1v) is 3.74. The lowest BCUT2D eigenvalue weighted by molar-refractivity contribution is 0.373. The van der Waals surface area contributed by atoms with E-state index in [1.165, 1.54) is 24.8 Å². The van der Waals surface area contributed by atoms with Gasteiger partial charge >= 0.3 is 0 Å². The summed E-state index contributed by atoms with van der Waals surface area (Å²) in [4.78, 5) is 0. The van der Waals surface area contributed by atoms with Gasteiger partial charge in [-0.15, -0.1) is 0 Å². The molecule has 2 rings (SSSR count). The zero-order valence-electron chi connectivity index (χ0n) is 5.56. The molecule has 0 nitrogen and oxygen atoms in total. The molecule has 0 aromatic carbocycles. The monoisotopic (exact) mass is 119 g/mol. The Morgan fingerprint density at radius 3 is 2.78 bits per heavy atom. The number of hydrogen-bond donors (Lipinski definition) is 0. The summed E-state index contributed by atoms with van der Waals surface area (Å²) in [7, 11) is 0. The summed E-state index contributed by atoms with van der Waals surface area (Å²) in [6, 6.07) is 0. The summed E-state index contributed by atoms with van der Waals surface area (Å²) in [5.74, 6) is 0.892. The smallest absolute Gasteiger partial charge is 0.00884 e. The molecule has 1 fully saturated rings. The number of rotatable bonds is 1. The van der Waals surface area contributed by atoms with E-state index in [2.05, 4.69) is 18.2 Å². The Bertz CT molecular complexity index is 159. The standard InChI is InChI=1S/C9H11/c1-2-5-8(4-1)9-6-3-7-9/h1,4,9H,2-3,6-7H2. The third-order valence-electron chi connectivity index (χ3n) is 2.27. The molecule has 0 aliphatic heterocycles. The molecule has 0 atom stereocenters. The second-order valence-corrected chi connectivity index (χ2v) is 2.87. The average molecular weight is 119 g/mol. The van der Waals surface area contributed by atoms with Crippen LogP contribution in [-0.2, 0) is 0 Å². The molecule has 0 N–H and O–H groups in total. The molecule has 1 radical (unpaired) electrons. The molecular weight excluding hydrogens is 108 g/mol. The van der Waals surface area contributed by atoms with Crippen molar-refractivity contribution < 1.29 is 0 Å². The summed E-state index contributed by atoms with van der Waals surface area (Å²) in [6.07, 6.45) is 13.1. The maximum absolute atomic E-state index is 3.36. The SMILES string of the molecule is [C]1=C(C2CCC2)C=CC1. The molecule has 0 amide bonds. The van der Waals surface area contributed by atoms with Crippen molar-refractivity contribution >= 4 is 0 Å². The van der Waals surface area contributed by atoms with Crippen LogP contribution in [0.4, 0.5) is 0 Å². The van der Waals surface area contributed by atoms with Gasteiger partial charge in [0.1, 0.15) is 0 Å². The van der Waals surface area contributed by atoms with Crippen LogP contribution in [0.5, 0.6) is 0 Å². The maximum atomic E-state index is 3.36. The Balaban J connectivity index is 2.03. The zero-order chi connectivity index (χ0) is 6.10. The van der Waals surface area contributed by atoms with E-state index in [0.717, 1.165) is 12.3 Å². The summed E-state index contributed by atoms with van der Waals surface area (Å²) < 4.78 is 0. The number of hydrogen-bond acceptors (Lipinski definition) is 0. The van der Waals surface area contributed by atoms with E-state index in [-0.39, 0.29) is 0 Å². The Morgan fingerprint density at radius 2 is 2.33 bits per heavy atom. The van der Waals surface area contributed by atoms with Crippen LogP contribution in [0, 0.1) is 12.0 Å². The molecule has 2 aliphatic rings. The number of allylic oxidation sites excluding steroid dienone is 4. The van der Waals surface area contributed by atoms with Gasteiger partial charge in [-0.25, -0.2) is 0 Å². The highest BCUT2D eigenvalue weighted by Gasteiger charge is 2.20. The van der Waals surface area contributed by atoms with Gasteiger partial charge < -0.3 is 0 Å². The molecule has 0 aromatic heterocycles. The van der Waals surface area contributed by atoms with Crippen molar-refractivity contribution in [3.8, 4) is 0 Å². The van der Waals surface area contributed by atoms with Gasteiger partial charge in [-0.2, -0.15) is 0 Å². The first-order valence-electron chi connectivity index (χ1n) is 3.74. The summed E-state index contributed by atoms with van der Waals surface area (Å²) >= 11 is 0. The summed E-state index contributed by atoms with van der Waals surface area (Å²) in [5, 5.41) is 0. The van der Waals surface area contributed by atoms with E-state index in [0.29, 0.717) is 0 Å². The van der Waals surface area contributed by atoms with Crippen LogP contribution < -0.4 is 0 Å². The predicted molar refractivity (Wildman–Crippen MR) is 37.9 cm³/mol. The summed E-state index contributed by atoms with van der Waals surface area (Å²) in [5.41, 5.74) is 1.49. The lowest BCUT2D eigenvalue weighted by Crippen LogP contribution is -2.11. The van der Waals surface area contributed by atoms with Gasteiger partial charge in [-0.05, 0) is 36.8 Å². The van der Waals surface area contributed by atoms with Crippen molar-refractivity contribution in [2.45, 2.75) is 25.7 Å². The molecule has 0 unspecified atom stereocenters. The quantitative estimate of drug-likeness (QED) is 0.497. The van der Waals surface area contributed by atoms with Gasteiger partial charge in [0, 0.05) is 0 Å². The Morgan fingerprint density at radius 1 is 1.44 bits per heavy atom. The van der Waals surface area contributed by atoms with E-state index in [4.69, 9.17) is 0 Å². The highest BCUT2D eigenvalue weighted by atomic mass is 14.3. The van der Waals surface area contributed by atoms with Crippen LogP contribution in [0.15, 0.2) is 17.7 Å². The first-order chi connectivity index (χ1) is 4.47. The van der Waals surface area contributed by atoms with Crippen LogP contribution in [-0.4, -0.2) is 0 Å². The minimum absolute atomic E-state index is 0.892. The predicted octanol–water partition coefficient (Wildman–Crippen LogP) is 2.48. The molecule has 1 saturated carbocycles. The molecule has 9 heavy (non-hydrogen) atoms. The fourth-order valence-corrected chi connectivity index (χ4v) is 1.42. The van der Waals surface area contributed by atoms with Crippen LogP contribution >= 0.6 is 0 Å². The second-order valence-electron chi connectivity index (χ2n) is 2.87. The van der Waals surface area contributed by atoms with E-state index in [1.54, 1.807) is 0 Å². The minimum Gasteiger partial charge on any atom is -0.0798 e. The van der Waals surface area contributed by atoms with Crippen molar-refractivity contribution in [3.05, 3.63) is 23.8 Å². The molecule has 0 spiro atoms. The molecule has 0 heteroatoms. The topological polar surface area (TPSA) is 0 Å². The third kappa shape index (κ3) is 0.827. The van der Waals surface area contributed by atoms with E-state index < -0.39 is 0 Å². The second kappa shape index (κ2) is 2.02. The van der Waals surface area contributed by atoms with Crippen molar-refractivity contribution in [1.82, 2.24) is 0 Å². The van der Waals surface area contributed by atoms with Crippen LogP contribution in [0.2, 0.25) is 0 Å². The Labute approximate surface area is 56.3 Å². The average Bonchev–Trinajstić information content (AvgIpc) is 2.11. The van der Waals surface area contributed by atoms with Crippen molar-refractivity contribution in [3.63, 3.8) is 0 Å². The molecule has 0 bridgehead atoms. The van der Waals surface area contributed by atoms with Gasteiger partial charge in [0.15, 0.2) is 0 Å². The van der Waals surface area contributed by atoms with Crippen molar-refractivity contribution in [1.29, 1.82) is 0 Å². The van der Waals surface area contributed by atoms with Crippen molar-refractivity contribution in [2.24, 2.45) is 5.92 Å². The van der Waals surface area contributed by atoms with E-state index in [1.807, 2.05) is 0 Å². The molecule has 0 heterocycles. The largest absolute Gasteiger partial charge is 0.0798 e. The van der Waals surface area contributed by atoms with Crippen LogP contribution in [0.3, 0.4) is 0 Å². The van der Waals surface area contributed by atoms with Gasteiger partial charge in [-0.3, -0.25) is 0 Å². The zero-order valence-corrected chi connectivity index (χ0v) is 5.56. The molecular formula is C9H11.